The second-order valence-electron chi connectivity index (χ2n) is 6.46. The second kappa shape index (κ2) is 8.83. The molecule has 2 N–H and O–H groups in total. The lowest BCUT2D eigenvalue weighted by molar-refractivity contribution is 0.0722. The van der Waals surface area contributed by atoms with Crippen molar-refractivity contribution >= 4 is 38.9 Å². The third-order valence-corrected chi connectivity index (χ3v) is 6.68. The summed E-state index contributed by atoms with van der Waals surface area (Å²) in [4.78, 5) is 18.7. The highest BCUT2D eigenvalue weighted by molar-refractivity contribution is 7.89. The highest BCUT2D eigenvalue weighted by atomic mass is 35.5. The van der Waals surface area contributed by atoms with Crippen LogP contribution in [0.15, 0.2) is 17.5 Å². The van der Waals surface area contributed by atoms with Gasteiger partial charge in [-0.2, -0.15) is 0 Å². The average Bonchev–Trinajstić information content (AvgIpc) is 3.09. The van der Waals surface area contributed by atoms with Crippen molar-refractivity contribution in [3.05, 3.63) is 38.9 Å². The number of amides is 1. The van der Waals surface area contributed by atoms with E-state index in [1.54, 1.807) is 5.38 Å². The van der Waals surface area contributed by atoms with Gasteiger partial charge in [0.05, 0.1) is 27.0 Å². The van der Waals surface area contributed by atoms with Crippen molar-refractivity contribution in [2.24, 2.45) is 5.92 Å². The molecule has 0 saturated carbocycles. The highest BCUT2D eigenvalue weighted by Gasteiger charge is 2.23. The Balaban J connectivity index is 1.72. The molecule has 1 aromatic heterocycles. The van der Waals surface area contributed by atoms with E-state index in [4.69, 9.17) is 16.3 Å². The minimum atomic E-state index is -3.77. The first-order valence-electron chi connectivity index (χ1n) is 8.54. The van der Waals surface area contributed by atoms with Gasteiger partial charge in [0.2, 0.25) is 10.0 Å². The molecule has 1 aromatic carbocycles. The van der Waals surface area contributed by atoms with E-state index in [0.29, 0.717) is 37.3 Å². The normalized spacial score (nSPS) is 15.5. The molecule has 0 bridgehead atoms. The molecule has 1 fully saturated rings. The average molecular weight is 448 g/mol. The van der Waals surface area contributed by atoms with Crippen LogP contribution in [0.3, 0.4) is 0 Å². The summed E-state index contributed by atoms with van der Waals surface area (Å²) in [5, 5.41) is 2.32. The largest absolute Gasteiger partial charge is 0.381 e. The van der Waals surface area contributed by atoms with Gasteiger partial charge in [0, 0.05) is 24.2 Å². The van der Waals surface area contributed by atoms with Gasteiger partial charge in [0.15, 0.2) is 5.82 Å². The maximum absolute atomic E-state index is 14.3. The van der Waals surface area contributed by atoms with E-state index >= 15 is 0 Å². The molecule has 1 aliphatic heterocycles. The molecule has 1 saturated heterocycles. The Labute approximate surface area is 171 Å². The summed E-state index contributed by atoms with van der Waals surface area (Å²) in [6.45, 7) is 2.85. The second-order valence-corrected chi connectivity index (χ2v) is 9.70. The van der Waals surface area contributed by atoms with Crippen LogP contribution in [0, 0.1) is 18.7 Å². The van der Waals surface area contributed by atoms with Crippen LogP contribution in [-0.4, -0.2) is 38.3 Å². The summed E-state index contributed by atoms with van der Waals surface area (Å²) in [5.41, 5.74) is 2.70. The van der Waals surface area contributed by atoms with Crippen molar-refractivity contribution in [2.75, 3.05) is 19.0 Å². The van der Waals surface area contributed by atoms with Gasteiger partial charge in [-0.25, -0.2) is 17.8 Å². The van der Waals surface area contributed by atoms with Gasteiger partial charge >= 0.3 is 0 Å². The number of aryl methyl sites for hydroxylation is 1. The van der Waals surface area contributed by atoms with Gasteiger partial charge in [-0.3, -0.25) is 10.2 Å². The summed E-state index contributed by atoms with van der Waals surface area (Å²) in [5.74, 6) is -2.06. The zero-order valence-electron chi connectivity index (χ0n) is 15.0. The van der Waals surface area contributed by atoms with Crippen molar-refractivity contribution in [3.8, 4) is 11.3 Å². The van der Waals surface area contributed by atoms with Crippen LogP contribution in [0.25, 0.3) is 11.3 Å². The molecule has 0 radical (unpaired) electrons. The van der Waals surface area contributed by atoms with Gasteiger partial charge in [0.25, 0.3) is 5.91 Å². The van der Waals surface area contributed by atoms with Gasteiger partial charge in [-0.15, -0.1) is 16.2 Å². The first kappa shape index (κ1) is 21.1. The number of thiazole rings is 1. The van der Waals surface area contributed by atoms with Crippen molar-refractivity contribution in [2.45, 2.75) is 19.8 Å². The minimum absolute atomic E-state index is 0.0504. The smallest absolute Gasteiger partial charge is 0.269 e. The number of benzene rings is 1. The monoisotopic (exact) mass is 447 g/mol. The molecule has 152 valence electrons. The van der Waals surface area contributed by atoms with Crippen LogP contribution in [0.4, 0.5) is 4.39 Å². The Morgan fingerprint density at radius 2 is 2.11 bits per heavy atom. The SMILES string of the molecule is Cc1nc(-c2cc(Cl)c(F)c(C(=O)NNS(=O)(=O)CC3CCOCC3)c2)cs1. The van der Waals surface area contributed by atoms with Crippen LogP contribution >= 0.6 is 22.9 Å². The third kappa shape index (κ3) is 5.26. The summed E-state index contributed by atoms with van der Waals surface area (Å²) in [7, 11) is -3.77. The van der Waals surface area contributed by atoms with Crippen molar-refractivity contribution in [1.82, 2.24) is 15.2 Å². The molecular weight excluding hydrogens is 429 g/mol. The number of nitrogens with zero attached hydrogens (tertiary/aromatic N) is 1. The number of carbonyl (C=O) groups excluding carboxylic acids is 1. The number of carbonyl (C=O) groups is 1. The number of ether oxygens (including phenoxy) is 1. The van der Waals surface area contributed by atoms with Gasteiger partial charge in [-0.1, -0.05) is 11.6 Å². The molecule has 0 aliphatic carbocycles. The Kier molecular flexibility index (Phi) is 6.66. The lowest BCUT2D eigenvalue weighted by Gasteiger charge is -2.21. The summed E-state index contributed by atoms with van der Waals surface area (Å²) < 4.78 is 43.9. The molecule has 11 heteroatoms. The van der Waals surface area contributed by atoms with E-state index in [-0.39, 0.29) is 22.3 Å². The number of hydrogen-bond donors (Lipinski definition) is 2. The maximum atomic E-state index is 14.3. The van der Waals surface area contributed by atoms with Crippen LogP contribution in [-0.2, 0) is 14.8 Å². The quantitative estimate of drug-likeness (QED) is 0.663. The maximum Gasteiger partial charge on any atom is 0.269 e. The number of halogens is 2. The molecule has 0 unspecified atom stereocenters. The topological polar surface area (TPSA) is 97.4 Å². The molecule has 3 rings (SSSR count). The molecule has 1 amide bonds. The number of rotatable bonds is 6. The Bertz CT molecular complexity index is 975. The highest BCUT2D eigenvalue weighted by Crippen LogP contribution is 2.28. The summed E-state index contributed by atoms with van der Waals surface area (Å²) in [6.07, 6.45) is 1.27. The van der Waals surface area contributed by atoms with Gasteiger partial charge in [0.1, 0.15) is 0 Å². The predicted molar refractivity (Wildman–Crippen MR) is 105 cm³/mol. The van der Waals surface area contributed by atoms with E-state index in [9.17, 15) is 17.6 Å². The molecular formula is C17H19ClFN3O4S2. The number of hydrogen-bond acceptors (Lipinski definition) is 6. The molecule has 7 nitrogen and oxygen atoms in total. The lowest BCUT2D eigenvalue weighted by atomic mass is 10.0. The molecule has 0 spiro atoms. The molecule has 2 aromatic rings. The molecule has 0 atom stereocenters. The Morgan fingerprint density at radius 3 is 2.75 bits per heavy atom. The zero-order chi connectivity index (χ0) is 20.3. The number of nitrogens with one attached hydrogen (secondary N) is 2. The molecule has 2 heterocycles. The Morgan fingerprint density at radius 1 is 1.39 bits per heavy atom. The van der Waals surface area contributed by atoms with E-state index in [0.717, 1.165) is 5.01 Å². The van der Waals surface area contributed by atoms with Crippen LogP contribution in [0.2, 0.25) is 5.02 Å². The fourth-order valence-corrected chi connectivity index (χ4v) is 4.98. The van der Waals surface area contributed by atoms with Crippen LogP contribution < -0.4 is 10.3 Å². The number of hydrazine groups is 1. The van der Waals surface area contributed by atoms with E-state index in [2.05, 4.69) is 10.4 Å². The van der Waals surface area contributed by atoms with E-state index in [1.165, 1.54) is 23.5 Å². The van der Waals surface area contributed by atoms with Crippen molar-refractivity contribution < 1.29 is 22.3 Å². The third-order valence-electron chi connectivity index (χ3n) is 4.30. The minimum Gasteiger partial charge on any atom is -0.381 e. The molecule has 1 aliphatic rings. The lowest BCUT2D eigenvalue weighted by Crippen LogP contribution is -2.44. The fourth-order valence-electron chi connectivity index (χ4n) is 2.85. The Hall–Kier alpha value is -1.59. The van der Waals surface area contributed by atoms with E-state index < -0.39 is 21.7 Å². The van der Waals surface area contributed by atoms with Crippen molar-refractivity contribution in [1.29, 1.82) is 0 Å². The van der Waals surface area contributed by atoms with Gasteiger partial charge in [-0.05, 0) is 37.8 Å². The first-order valence-corrected chi connectivity index (χ1v) is 11.5. The fraction of sp³-hybridized carbons (Fsp3) is 0.412. The standard InChI is InChI=1S/C17H19ClFN3O4S2/c1-10-20-15(8-27-10)12-6-13(16(19)14(18)7-12)17(23)21-22-28(24,25)9-11-2-4-26-5-3-11/h6-8,11,22H,2-5,9H2,1H3,(H,21,23). The first-order chi connectivity index (χ1) is 13.2. The van der Waals surface area contributed by atoms with Crippen molar-refractivity contribution in [3.63, 3.8) is 0 Å². The summed E-state index contributed by atoms with van der Waals surface area (Å²) >= 11 is 7.31. The van der Waals surface area contributed by atoms with E-state index in [1.807, 2.05) is 11.8 Å². The van der Waals surface area contributed by atoms with Gasteiger partial charge < -0.3 is 4.74 Å². The molecule has 28 heavy (non-hydrogen) atoms. The summed E-state index contributed by atoms with van der Waals surface area (Å²) in [6, 6.07) is 2.66. The van der Waals surface area contributed by atoms with Crippen LogP contribution in [0.5, 0.6) is 0 Å². The zero-order valence-corrected chi connectivity index (χ0v) is 17.4. The number of sulfonamides is 1. The predicted octanol–water partition coefficient (Wildman–Crippen LogP) is 2.90. The number of aromatic nitrogens is 1. The van der Waals surface area contributed by atoms with Crippen LogP contribution in [0.1, 0.15) is 28.2 Å².